The fourth-order valence-electron chi connectivity index (χ4n) is 4.98. The maximum atomic E-state index is 13.1. The van der Waals surface area contributed by atoms with Crippen molar-refractivity contribution >= 4 is 28.1 Å². The lowest BCUT2D eigenvalue weighted by Gasteiger charge is -2.19. The molecule has 3 aromatic carbocycles. The lowest BCUT2D eigenvalue weighted by molar-refractivity contribution is 0.0198. The molecule has 3 atom stereocenters. The number of aliphatic hydroxyl groups is 1. The van der Waals surface area contributed by atoms with Gasteiger partial charge in [-0.05, 0) is 66.8 Å². The molecular formula is C26H27NO3. The Morgan fingerprint density at radius 1 is 1.03 bits per heavy atom. The standard InChI is InChI=1S/C26H27NO3/c1-17-16-21(14-15-28)30-24(17)13-10-18-8-11-20(12-9-18)27-23-7-3-5-19-4-2-6-22(25(19)23)26(27)29/h2-9,11-12,17,21,24,28H,10,13-16H2,1H3/t17-,21+,24-/m1/s1. The predicted molar refractivity (Wildman–Crippen MR) is 119 cm³/mol. The fourth-order valence-corrected chi connectivity index (χ4v) is 4.98. The van der Waals surface area contributed by atoms with Crippen LogP contribution < -0.4 is 4.90 Å². The second kappa shape index (κ2) is 7.86. The summed E-state index contributed by atoms with van der Waals surface area (Å²) >= 11 is 0. The lowest BCUT2D eigenvalue weighted by Crippen LogP contribution is -2.20. The van der Waals surface area contributed by atoms with E-state index >= 15 is 0 Å². The summed E-state index contributed by atoms with van der Waals surface area (Å²) in [5.41, 5.74) is 3.89. The summed E-state index contributed by atoms with van der Waals surface area (Å²) in [6, 6.07) is 20.3. The van der Waals surface area contributed by atoms with Crippen molar-refractivity contribution < 1.29 is 14.6 Å². The highest BCUT2D eigenvalue weighted by Gasteiger charge is 2.32. The highest BCUT2D eigenvalue weighted by Crippen LogP contribution is 2.41. The zero-order valence-corrected chi connectivity index (χ0v) is 17.3. The molecule has 3 aromatic rings. The Balaban J connectivity index is 1.31. The Labute approximate surface area is 177 Å². The van der Waals surface area contributed by atoms with Gasteiger partial charge in [0.25, 0.3) is 5.91 Å². The SMILES string of the molecule is C[C@@H]1C[C@H](CCO)O[C@@H]1CCc1ccc(N2C(=O)c3cccc4cccc2c34)cc1. The Morgan fingerprint density at radius 2 is 1.80 bits per heavy atom. The van der Waals surface area contributed by atoms with Crippen LogP contribution in [0.1, 0.15) is 42.1 Å². The van der Waals surface area contributed by atoms with Gasteiger partial charge in [0.2, 0.25) is 0 Å². The van der Waals surface area contributed by atoms with Crippen molar-refractivity contribution in [3.8, 4) is 0 Å². The van der Waals surface area contributed by atoms with Gasteiger partial charge in [-0.3, -0.25) is 9.69 Å². The quantitative estimate of drug-likeness (QED) is 0.614. The number of hydrogen-bond acceptors (Lipinski definition) is 3. The molecule has 0 unspecified atom stereocenters. The molecule has 2 heterocycles. The molecule has 154 valence electrons. The number of aryl methyl sites for hydroxylation is 1. The molecule has 1 N–H and O–H groups in total. The third kappa shape index (κ3) is 3.30. The van der Waals surface area contributed by atoms with Gasteiger partial charge in [0, 0.05) is 17.7 Å². The van der Waals surface area contributed by atoms with E-state index in [4.69, 9.17) is 9.84 Å². The summed E-state index contributed by atoms with van der Waals surface area (Å²) in [6.07, 6.45) is 4.15. The number of amides is 1. The topological polar surface area (TPSA) is 49.8 Å². The summed E-state index contributed by atoms with van der Waals surface area (Å²) in [7, 11) is 0. The van der Waals surface area contributed by atoms with Crippen molar-refractivity contribution in [3.63, 3.8) is 0 Å². The third-order valence-corrected chi connectivity index (χ3v) is 6.56. The van der Waals surface area contributed by atoms with E-state index in [0.717, 1.165) is 53.4 Å². The maximum Gasteiger partial charge on any atom is 0.263 e. The van der Waals surface area contributed by atoms with Crippen LogP contribution in [0.3, 0.4) is 0 Å². The summed E-state index contributed by atoms with van der Waals surface area (Å²) in [5, 5.41) is 11.3. The molecule has 2 aliphatic heterocycles. The Morgan fingerprint density at radius 3 is 2.57 bits per heavy atom. The first-order chi connectivity index (χ1) is 14.7. The Hall–Kier alpha value is -2.69. The van der Waals surface area contributed by atoms with Crippen LogP contribution in [0.5, 0.6) is 0 Å². The average Bonchev–Trinajstić information content (AvgIpc) is 3.26. The summed E-state index contributed by atoms with van der Waals surface area (Å²) in [4.78, 5) is 14.9. The van der Waals surface area contributed by atoms with E-state index in [1.807, 2.05) is 41.3 Å². The summed E-state index contributed by atoms with van der Waals surface area (Å²) in [5.74, 6) is 0.569. The fraction of sp³-hybridized carbons (Fsp3) is 0.346. The molecule has 1 amide bonds. The van der Waals surface area contributed by atoms with Gasteiger partial charge in [0.1, 0.15) is 0 Å². The molecule has 0 bridgehead atoms. The van der Waals surface area contributed by atoms with Gasteiger partial charge < -0.3 is 9.84 Å². The van der Waals surface area contributed by atoms with E-state index in [1.54, 1.807) is 0 Å². The van der Waals surface area contributed by atoms with Gasteiger partial charge in [-0.25, -0.2) is 0 Å². The van der Waals surface area contributed by atoms with Gasteiger partial charge in [0.15, 0.2) is 0 Å². The van der Waals surface area contributed by atoms with Crippen LogP contribution >= 0.6 is 0 Å². The monoisotopic (exact) mass is 401 g/mol. The first-order valence-corrected chi connectivity index (χ1v) is 10.9. The molecule has 30 heavy (non-hydrogen) atoms. The molecule has 0 spiro atoms. The minimum atomic E-state index is 0.0395. The Bertz CT molecular complexity index is 1070. The van der Waals surface area contributed by atoms with E-state index in [9.17, 15) is 4.79 Å². The number of rotatable bonds is 6. The van der Waals surface area contributed by atoms with Crippen molar-refractivity contribution in [1.29, 1.82) is 0 Å². The van der Waals surface area contributed by atoms with Gasteiger partial charge in [0.05, 0.1) is 23.5 Å². The maximum absolute atomic E-state index is 13.1. The number of carbonyl (C=O) groups excluding carboxylic acids is 1. The highest BCUT2D eigenvalue weighted by atomic mass is 16.5. The van der Waals surface area contributed by atoms with Crippen molar-refractivity contribution in [2.24, 2.45) is 5.92 Å². The smallest absolute Gasteiger partial charge is 0.263 e. The molecule has 5 rings (SSSR count). The first-order valence-electron chi connectivity index (χ1n) is 10.9. The summed E-state index contributed by atoms with van der Waals surface area (Å²) in [6.45, 7) is 2.43. The normalized spacial score (nSPS) is 22.9. The van der Waals surface area contributed by atoms with Crippen molar-refractivity contribution in [2.75, 3.05) is 11.5 Å². The van der Waals surface area contributed by atoms with Crippen LogP contribution in [-0.4, -0.2) is 29.8 Å². The van der Waals surface area contributed by atoms with E-state index in [-0.39, 0.29) is 24.7 Å². The molecule has 4 nitrogen and oxygen atoms in total. The molecular weight excluding hydrogens is 374 g/mol. The second-order valence-corrected chi connectivity index (χ2v) is 8.55. The van der Waals surface area contributed by atoms with Gasteiger partial charge in [-0.15, -0.1) is 0 Å². The average molecular weight is 402 g/mol. The van der Waals surface area contributed by atoms with Crippen LogP contribution in [0.15, 0.2) is 60.7 Å². The number of hydrogen-bond donors (Lipinski definition) is 1. The van der Waals surface area contributed by atoms with E-state index in [1.165, 1.54) is 5.56 Å². The highest BCUT2D eigenvalue weighted by molar-refractivity contribution is 6.27. The Kier molecular flexibility index (Phi) is 5.05. The second-order valence-electron chi connectivity index (χ2n) is 8.55. The number of ether oxygens (including phenoxy) is 1. The van der Waals surface area contributed by atoms with Crippen LogP contribution in [0, 0.1) is 5.92 Å². The molecule has 2 aliphatic rings. The zero-order valence-electron chi connectivity index (χ0n) is 17.3. The number of carbonyl (C=O) groups is 1. The van der Waals surface area contributed by atoms with Crippen LogP contribution in [-0.2, 0) is 11.2 Å². The molecule has 1 saturated heterocycles. The van der Waals surface area contributed by atoms with E-state index < -0.39 is 0 Å². The minimum absolute atomic E-state index is 0.0395. The molecule has 4 heteroatoms. The van der Waals surface area contributed by atoms with E-state index in [2.05, 4.69) is 31.2 Å². The molecule has 1 fully saturated rings. The summed E-state index contributed by atoms with van der Waals surface area (Å²) < 4.78 is 6.11. The van der Waals surface area contributed by atoms with Gasteiger partial charge in [-0.2, -0.15) is 0 Å². The first kappa shape index (κ1) is 19.3. The molecule has 0 aliphatic carbocycles. The van der Waals surface area contributed by atoms with Crippen LogP contribution in [0.2, 0.25) is 0 Å². The zero-order chi connectivity index (χ0) is 20.7. The molecule has 0 aromatic heterocycles. The largest absolute Gasteiger partial charge is 0.396 e. The third-order valence-electron chi connectivity index (χ3n) is 6.56. The number of aliphatic hydroxyl groups excluding tert-OH is 1. The minimum Gasteiger partial charge on any atom is -0.396 e. The van der Waals surface area contributed by atoms with Crippen molar-refractivity contribution in [3.05, 3.63) is 71.8 Å². The number of benzene rings is 3. The van der Waals surface area contributed by atoms with Crippen LogP contribution in [0.25, 0.3) is 10.8 Å². The van der Waals surface area contributed by atoms with Gasteiger partial charge in [-0.1, -0.05) is 43.3 Å². The molecule has 0 radical (unpaired) electrons. The lowest BCUT2D eigenvalue weighted by atomic mass is 9.96. The van der Waals surface area contributed by atoms with E-state index in [0.29, 0.717) is 5.92 Å². The van der Waals surface area contributed by atoms with Gasteiger partial charge >= 0.3 is 0 Å². The molecule has 0 saturated carbocycles. The predicted octanol–water partition coefficient (Wildman–Crippen LogP) is 5.24. The van der Waals surface area contributed by atoms with Crippen LogP contribution in [0.4, 0.5) is 11.4 Å². The van der Waals surface area contributed by atoms with Crippen molar-refractivity contribution in [1.82, 2.24) is 0 Å². The van der Waals surface area contributed by atoms with Crippen molar-refractivity contribution in [2.45, 2.75) is 44.8 Å². The number of anilines is 2. The number of nitrogens with zero attached hydrogens (tertiary/aromatic N) is 1.